The molecule has 1 unspecified atom stereocenters. The summed E-state index contributed by atoms with van der Waals surface area (Å²) in [6, 6.07) is -0.386. The molecule has 0 saturated carbocycles. The van der Waals surface area contributed by atoms with Gasteiger partial charge in [0, 0.05) is 24.2 Å². The summed E-state index contributed by atoms with van der Waals surface area (Å²) in [6.45, 7) is 1.69. The SMILES string of the molecule is CC(NS(=O)(=O)CCCC(=O)O)c1cn[nH]c1. The van der Waals surface area contributed by atoms with Crippen molar-refractivity contribution in [2.24, 2.45) is 0 Å². The molecule has 17 heavy (non-hydrogen) atoms. The van der Waals surface area contributed by atoms with Crippen LogP contribution in [-0.2, 0) is 14.8 Å². The lowest BCUT2D eigenvalue weighted by molar-refractivity contribution is -0.137. The standard InChI is InChI=1S/C9H15N3O4S/c1-7(8-5-10-11-6-8)12-17(15,16)4-2-3-9(13)14/h5-7,12H,2-4H2,1H3,(H,10,11)(H,13,14). The quantitative estimate of drug-likeness (QED) is 0.651. The van der Waals surface area contributed by atoms with E-state index < -0.39 is 16.0 Å². The molecule has 1 aromatic rings. The molecule has 0 aliphatic heterocycles. The lowest BCUT2D eigenvalue weighted by Gasteiger charge is -2.11. The number of carbonyl (C=O) groups is 1. The highest BCUT2D eigenvalue weighted by molar-refractivity contribution is 7.89. The number of carboxylic acid groups (broad SMARTS) is 1. The molecule has 0 fully saturated rings. The van der Waals surface area contributed by atoms with Gasteiger partial charge in [0.25, 0.3) is 0 Å². The van der Waals surface area contributed by atoms with E-state index in [0.717, 1.165) is 5.56 Å². The summed E-state index contributed by atoms with van der Waals surface area (Å²) in [6.07, 6.45) is 3.08. The largest absolute Gasteiger partial charge is 0.481 e. The molecule has 0 radical (unpaired) electrons. The van der Waals surface area contributed by atoms with E-state index in [-0.39, 0.29) is 24.6 Å². The second kappa shape index (κ2) is 5.78. The van der Waals surface area contributed by atoms with E-state index in [4.69, 9.17) is 5.11 Å². The van der Waals surface area contributed by atoms with Crippen molar-refractivity contribution < 1.29 is 18.3 Å². The fourth-order valence-electron chi connectivity index (χ4n) is 1.31. The van der Waals surface area contributed by atoms with Crippen LogP contribution in [0.5, 0.6) is 0 Å². The lowest BCUT2D eigenvalue weighted by atomic mass is 10.2. The van der Waals surface area contributed by atoms with Gasteiger partial charge in [0.2, 0.25) is 10.0 Å². The zero-order chi connectivity index (χ0) is 12.9. The molecule has 0 amide bonds. The Morgan fingerprint density at radius 1 is 1.65 bits per heavy atom. The van der Waals surface area contributed by atoms with Crippen LogP contribution in [0.15, 0.2) is 12.4 Å². The van der Waals surface area contributed by atoms with Gasteiger partial charge in [0.1, 0.15) is 0 Å². The monoisotopic (exact) mass is 261 g/mol. The van der Waals surface area contributed by atoms with Gasteiger partial charge in [0.05, 0.1) is 11.9 Å². The highest BCUT2D eigenvalue weighted by Gasteiger charge is 2.16. The number of nitrogens with one attached hydrogen (secondary N) is 2. The van der Waals surface area contributed by atoms with Crippen LogP contribution in [0.4, 0.5) is 0 Å². The average molecular weight is 261 g/mol. The van der Waals surface area contributed by atoms with Crippen LogP contribution < -0.4 is 4.72 Å². The van der Waals surface area contributed by atoms with E-state index in [1.165, 1.54) is 6.20 Å². The van der Waals surface area contributed by atoms with Crippen molar-refractivity contribution in [3.8, 4) is 0 Å². The minimum atomic E-state index is -3.46. The average Bonchev–Trinajstić information content (AvgIpc) is 2.68. The molecule has 0 aliphatic rings. The van der Waals surface area contributed by atoms with E-state index in [1.54, 1.807) is 13.1 Å². The van der Waals surface area contributed by atoms with Gasteiger partial charge < -0.3 is 5.11 Å². The van der Waals surface area contributed by atoms with Crippen molar-refractivity contribution in [1.82, 2.24) is 14.9 Å². The van der Waals surface area contributed by atoms with Crippen molar-refractivity contribution >= 4 is 16.0 Å². The fraction of sp³-hybridized carbons (Fsp3) is 0.556. The molecular formula is C9H15N3O4S. The van der Waals surface area contributed by atoms with Crippen molar-refractivity contribution in [3.05, 3.63) is 18.0 Å². The zero-order valence-corrected chi connectivity index (χ0v) is 10.2. The van der Waals surface area contributed by atoms with Crippen molar-refractivity contribution in [2.75, 3.05) is 5.75 Å². The summed E-state index contributed by atoms with van der Waals surface area (Å²) >= 11 is 0. The third-order valence-electron chi connectivity index (χ3n) is 2.18. The van der Waals surface area contributed by atoms with E-state index >= 15 is 0 Å². The van der Waals surface area contributed by atoms with Crippen LogP contribution in [0.2, 0.25) is 0 Å². The summed E-state index contributed by atoms with van der Waals surface area (Å²) in [5.74, 6) is -1.19. The number of hydrogen-bond acceptors (Lipinski definition) is 4. The van der Waals surface area contributed by atoms with Crippen LogP contribution in [0.25, 0.3) is 0 Å². The lowest BCUT2D eigenvalue weighted by Crippen LogP contribution is -2.29. The number of aromatic amines is 1. The number of aliphatic carboxylic acids is 1. The number of rotatable bonds is 7. The van der Waals surface area contributed by atoms with Crippen molar-refractivity contribution in [3.63, 3.8) is 0 Å². The number of nitrogens with zero attached hydrogens (tertiary/aromatic N) is 1. The topological polar surface area (TPSA) is 112 Å². The van der Waals surface area contributed by atoms with Gasteiger partial charge in [-0.3, -0.25) is 9.89 Å². The molecule has 3 N–H and O–H groups in total. The molecule has 7 nitrogen and oxygen atoms in total. The van der Waals surface area contributed by atoms with Gasteiger partial charge in [-0.1, -0.05) is 0 Å². The molecule has 1 atom stereocenters. The first-order valence-corrected chi connectivity index (χ1v) is 6.76. The van der Waals surface area contributed by atoms with Gasteiger partial charge in [-0.05, 0) is 13.3 Å². The van der Waals surface area contributed by atoms with Crippen LogP contribution in [0.1, 0.15) is 31.4 Å². The summed E-state index contributed by atoms with van der Waals surface area (Å²) in [5, 5.41) is 14.7. The van der Waals surface area contributed by atoms with Gasteiger partial charge in [-0.25, -0.2) is 13.1 Å². The molecule has 8 heteroatoms. The maximum Gasteiger partial charge on any atom is 0.303 e. The predicted octanol–water partition coefficient (Wildman–Crippen LogP) is 0.255. The number of carboxylic acids is 1. The Kier molecular flexibility index (Phi) is 4.64. The molecule has 96 valence electrons. The first-order valence-electron chi connectivity index (χ1n) is 5.11. The van der Waals surface area contributed by atoms with Crippen LogP contribution in [0, 0.1) is 0 Å². The molecule has 0 aromatic carbocycles. The normalized spacial score (nSPS) is 13.5. The predicted molar refractivity (Wildman–Crippen MR) is 60.8 cm³/mol. The van der Waals surface area contributed by atoms with E-state index in [2.05, 4.69) is 14.9 Å². The zero-order valence-electron chi connectivity index (χ0n) is 9.38. The summed E-state index contributed by atoms with van der Waals surface area (Å²) < 4.78 is 25.6. The minimum absolute atomic E-state index is 0.1000. The highest BCUT2D eigenvalue weighted by atomic mass is 32.2. The Bertz CT molecular complexity index is 455. The van der Waals surface area contributed by atoms with Gasteiger partial charge in [0.15, 0.2) is 0 Å². The molecule has 1 aromatic heterocycles. The molecule has 0 spiro atoms. The molecule has 0 bridgehead atoms. The van der Waals surface area contributed by atoms with Crippen molar-refractivity contribution in [1.29, 1.82) is 0 Å². The molecule has 1 rings (SSSR count). The fourth-order valence-corrected chi connectivity index (χ4v) is 2.62. The van der Waals surface area contributed by atoms with Gasteiger partial charge >= 0.3 is 5.97 Å². The maximum absolute atomic E-state index is 11.6. The third kappa shape index (κ3) is 4.96. The van der Waals surface area contributed by atoms with Crippen molar-refractivity contribution in [2.45, 2.75) is 25.8 Å². The first kappa shape index (κ1) is 13.7. The first-order chi connectivity index (χ1) is 7.91. The third-order valence-corrected chi connectivity index (χ3v) is 3.72. The molecule has 0 aliphatic carbocycles. The van der Waals surface area contributed by atoms with E-state index in [0.29, 0.717) is 0 Å². The number of sulfonamides is 1. The smallest absolute Gasteiger partial charge is 0.303 e. The number of H-pyrrole nitrogens is 1. The molecule has 0 saturated heterocycles. The number of aromatic nitrogens is 2. The molecule has 1 heterocycles. The Morgan fingerprint density at radius 3 is 2.88 bits per heavy atom. The Hall–Kier alpha value is -1.41. The minimum Gasteiger partial charge on any atom is -0.481 e. The summed E-state index contributed by atoms with van der Waals surface area (Å²) in [7, 11) is -3.46. The Balaban J connectivity index is 2.46. The van der Waals surface area contributed by atoms with E-state index in [1.807, 2.05) is 0 Å². The second-order valence-corrected chi connectivity index (χ2v) is 5.56. The van der Waals surface area contributed by atoms with Crippen LogP contribution in [-0.4, -0.2) is 35.4 Å². The van der Waals surface area contributed by atoms with E-state index in [9.17, 15) is 13.2 Å². The van der Waals surface area contributed by atoms with Crippen LogP contribution in [0.3, 0.4) is 0 Å². The maximum atomic E-state index is 11.6. The van der Waals surface area contributed by atoms with Gasteiger partial charge in [-0.15, -0.1) is 0 Å². The Labute approximate surface area is 99.3 Å². The molecular weight excluding hydrogens is 246 g/mol. The highest BCUT2D eigenvalue weighted by Crippen LogP contribution is 2.11. The second-order valence-electron chi connectivity index (χ2n) is 3.69. The van der Waals surface area contributed by atoms with Crippen LogP contribution >= 0.6 is 0 Å². The Morgan fingerprint density at radius 2 is 2.35 bits per heavy atom. The number of hydrogen-bond donors (Lipinski definition) is 3. The summed E-state index contributed by atoms with van der Waals surface area (Å²) in [5.41, 5.74) is 0.729. The summed E-state index contributed by atoms with van der Waals surface area (Å²) in [4.78, 5) is 10.3. The van der Waals surface area contributed by atoms with Gasteiger partial charge in [-0.2, -0.15) is 5.10 Å².